The molecule has 1 saturated heterocycles. The molecule has 6 nitrogen and oxygen atoms in total. The Bertz CT molecular complexity index is 1410. The lowest BCUT2D eigenvalue weighted by atomic mass is 9.54. The number of ether oxygens (including phenoxy) is 1. The van der Waals surface area contributed by atoms with Crippen LogP contribution in [0.2, 0.25) is 5.02 Å². The summed E-state index contributed by atoms with van der Waals surface area (Å²) >= 11 is 20.6. The Labute approximate surface area is 233 Å². The lowest BCUT2D eigenvalue weighted by Crippen LogP contribution is -2.57. The fraction of sp³-hybridized carbons (Fsp3) is 0.241. The van der Waals surface area contributed by atoms with E-state index in [9.17, 15) is 19.2 Å². The minimum Gasteiger partial charge on any atom is -0.453 e. The molecule has 0 unspecified atom stereocenters. The molecule has 3 aromatic carbocycles. The van der Waals surface area contributed by atoms with Gasteiger partial charge in [-0.1, -0.05) is 60.1 Å². The third-order valence-corrected chi connectivity index (χ3v) is 9.31. The second-order valence-corrected chi connectivity index (χ2v) is 11.4. The van der Waals surface area contributed by atoms with Gasteiger partial charge in [0.15, 0.2) is 6.10 Å². The van der Waals surface area contributed by atoms with E-state index in [-0.39, 0.29) is 0 Å². The number of Topliss-reactive ketones (excluding diaryl/α,β-unsaturated/α-hetero) is 1. The maximum absolute atomic E-state index is 13.8. The van der Waals surface area contributed by atoms with Crippen molar-refractivity contribution in [1.82, 2.24) is 4.90 Å². The Hall–Kier alpha value is -3.19. The minimum absolute atomic E-state index is 0.314. The van der Waals surface area contributed by atoms with Gasteiger partial charge in [-0.25, -0.2) is 0 Å². The van der Waals surface area contributed by atoms with Crippen LogP contribution in [0.5, 0.6) is 0 Å². The van der Waals surface area contributed by atoms with Crippen molar-refractivity contribution in [1.29, 1.82) is 0 Å². The number of ketones is 1. The molecular weight excluding hydrogens is 549 g/mol. The first-order chi connectivity index (χ1) is 18.1. The van der Waals surface area contributed by atoms with Crippen molar-refractivity contribution in [3.63, 3.8) is 0 Å². The number of benzene rings is 3. The van der Waals surface area contributed by atoms with Crippen LogP contribution in [0.1, 0.15) is 39.5 Å². The lowest BCUT2D eigenvalue weighted by molar-refractivity contribution is -0.154. The van der Waals surface area contributed by atoms with Crippen molar-refractivity contribution >= 4 is 58.4 Å². The quantitative estimate of drug-likeness (QED) is 0.186. The fourth-order valence-electron chi connectivity index (χ4n) is 6.15. The summed E-state index contributed by atoms with van der Waals surface area (Å²) in [7, 11) is 0. The standard InChI is InChI=1S/C29H20Cl3NO5/c1-15(25(35)16-10-12-17(30)13-11-16)38-22(34)14-33-26(36)23-24(27(33)37)29(32)19-7-3-2-6-18(19)28(23,31)20-8-4-5-9-21(20)29/h2-13,15,23-24H,14H2,1H3/t15-,23-,24-,28?,29?/m0/s1. The molecule has 3 aliphatic carbocycles. The highest BCUT2D eigenvalue weighted by Gasteiger charge is 2.73. The Kier molecular flexibility index (Phi) is 5.73. The van der Waals surface area contributed by atoms with Crippen molar-refractivity contribution in [2.24, 2.45) is 11.8 Å². The second kappa shape index (κ2) is 8.67. The highest BCUT2D eigenvalue weighted by molar-refractivity contribution is 6.36. The van der Waals surface area contributed by atoms with Gasteiger partial charge in [-0.2, -0.15) is 0 Å². The van der Waals surface area contributed by atoms with Crippen LogP contribution in [-0.4, -0.2) is 41.1 Å². The van der Waals surface area contributed by atoms with E-state index in [1.165, 1.54) is 19.1 Å². The van der Waals surface area contributed by atoms with Gasteiger partial charge < -0.3 is 4.74 Å². The largest absolute Gasteiger partial charge is 0.453 e. The number of alkyl halides is 2. The Morgan fingerprint density at radius 1 is 0.816 bits per heavy atom. The first kappa shape index (κ1) is 25.1. The Morgan fingerprint density at radius 2 is 1.24 bits per heavy atom. The van der Waals surface area contributed by atoms with E-state index < -0.39 is 57.8 Å². The molecule has 9 heteroatoms. The van der Waals surface area contributed by atoms with Gasteiger partial charge in [0, 0.05) is 10.6 Å². The number of nitrogens with zero attached hydrogens (tertiary/aromatic N) is 1. The van der Waals surface area contributed by atoms with Crippen LogP contribution in [0.3, 0.4) is 0 Å². The molecule has 3 aromatic rings. The molecule has 4 aliphatic rings. The average molecular weight is 569 g/mol. The predicted octanol–water partition coefficient (Wildman–Crippen LogP) is 5.05. The smallest absolute Gasteiger partial charge is 0.326 e. The summed E-state index contributed by atoms with van der Waals surface area (Å²) in [6.45, 7) is 0.771. The van der Waals surface area contributed by atoms with Crippen LogP contribution in [0.15, 0.2) is 72.8 Å². The highest BCUT2D eigenvalue weighted by atomic mass is 35.5. The van der Waals surface area contributed by atoms with E-state index in [0.29, 0.717) is 32.8 Å². The summed E-state index contributed by atoms with van der Waals surface area (Å²) < 4.78 is 5.32. The zero-order valence-electron chi connectivity index (χ0n) is 20.0. The number of amides is 2. The second-order valence-electron chi connectivity index (χ2n) is 9.74. The summed E-state index contributed by atoms with van der Waals surface area (Å²) in [6.07, 6.45) is -1.14. The van der Waals surface area contributed by atoms with Crippen LogP contribution < -0.4 is 0 Å². The first-order valence-electron chi connectivity index (χ1n) is 12.0. The molecule has 1 aliphatic heterocycles. The molecule has 0 saturated carbocycles. The van der Waals surface area contributed by atoms with Crippen molar-refractivity contribution in [2.45, 2.75) is 22.8 Å². The zero-order valence-corrected chi connectivity index (χ0v) is 22.3. The topological polar surface area (TPSA) is 80.8 Å². The summed E-state index contributed by atoms with van der Waals surface area (Å²) in [5.41, 5.74) is 3.00. The number of likely N-dealkylation sites (tertiary alicyclic amines) is 1. The van der Waals surface area contributed by atoms with E-state index in [1.54, 1.807) is 12.1 Å². The monoisotopic (exact) mass is 567 g/mol. The number of imide groups is 1. The number of halogens is 3. The third kappa shape index (κ3) is 3.27. The normalized spacial score (nSPS) is 27.4. The first-order valence-corrected chi connectivity index (χ1v) is 13.2. The summed E-state index contributed by atoms with van der Waals surface area (Å²) in [4.78, 5) is 51.3. The van der Waals surface area contributed by atoms with Crippen molar-refractivity contribution in [2.75, 3.05) is 6.54 Å². The van der Waals surface area contributed by atoms with E-state index in [0.717, 1.165) is 4.90 Å². The van der Waals surface area contributed by atoms with E-state index >= 15 is 0 Å². The number of esters is 1. The third-order valence-electron chi connectivity index (χ3n) is 7.77. The van der Waals surface area contributed by atoms with E-state index in [1.807, 2.05) is 48.5 Å². The van der Waals surface area contributed by atoms with Crippen LogP contribution in [0, 0.1) is 11.8 Å². The summed E-state index contributed by atoms with van der Waals surface area (Å²) in [5.74, 6) is -4.56. The van der Waals surface area contributed by atoms with Crippen molar-refractivity contribution in [3.05, 3.63) is 106 Å². The van der Waals surface area contributed by atoms with Crippen LogP contribution in [0.4, 0.5) is 0 Å². The number of hydrogen-bond acceptors (Lipinski definition) is 5. The van der Waals surface area contributed by atoms with Gasteiger partial charge in [0.1, 0.15) is 16.3 Å². The highest BCUT2D eigenvalue weighted by Crippen LogP contribution is 2.69. The average Bonchev–Trinajstić information content (AvgIpc) is 3.17. The molecule has 7 rings (SSSR count). The van der Waals surface area contributed by atoms with E-state index in [2.05, 4.69) is 0 Å². The Balaban J connectivity index is 1.31. The fourth-order valence-corrected chi connectivity index (χ4v) is 7.37. The van der Waals surface area contributed by atoms with Gasteiger partial charge in [0.2, 0.25) is 17.6 Å². The minimum atomic E-state index is -1.34. The Morgan fingerprint density at radius 3 is 1.66 bits per heavy atom. The predicted molar refractivity (Wildman–Crippen MR) is 141 cm³/mol. The molecule has 2 amide bonds. The molecule has 1 fully saturated rings. The zero-order chi connectivity index (χ0) is 27.0. The molecule has 0 aromatic heterocycles. The number of hydrogen-bond donors (Lipinski definition) is 0. The summed E-state index contributed by atoms with van der Waals surface area (Å²) in [6, 6.07) is 20.7. The maximum atomic E-state index is 13.8. The molecule has 192 valence electrons. The maximum Gasteiger partial charge on any atom is 0.326 e. The molecule has 3 atom stereocenters. The molecule has 0 N–H and O–H groups in total. The molecule has 0 spiro atoms. The lowest BCUT2D eigenvalue weighted by Gasteiger charge is -2.54. The molecule has 2 bridgehead atoms. The van der Waals surface area contributed by atoms with E-state index in [4.69, 9.17) is 39.5 Å². The van der Waals surface area contributed by atoms with Gasteiger partial charge in [0.05, 0.1) is 11.8 Å². The van der Waals surface area contributed by atoms with Gasteiger partial charge >= 0.3 is 5.97 Å². The molecule has 1 heterocycles. The number of carbonyl (C=O) groups excluding carboxylic acids is 4. The van der Waals surface area contributed by atoms with Crippen molar-refractivity contribution < 1.29 is 23.9 Å². The summed E-state index contributed by atoms with van der Waals surface area (Å²) in [5, 5.41) is 0.464. The van der Waals surface area contributed by atoms with Gasteiger partial charge in [-0.15, -0.1) is 23.2 Å². The van der Waals surface area contributed by atoms with Gasteiger partial charge in [0.25, 0.3) is 0 Å². The SMILES string of the molecule is C[C@H](OC(=O)CN1C(=O)[C@@H]2[C@@H](C1=O)C1(Cl)c3ccccc3C2(Cl)c2ccccc21)C(=O)c1ccc(Cl)cc1. The number of carbonyl (C=O) groups is 4. The van der Waals surface area contributed by atoms with Crippen LogP contribution in [-0.2, 0) is 28.9 Å². The van der Waals surface area contributed by atoms with Crippen LogP contribution in [0.25, 0.3) is 0 Å². The van der Waals surface area contributed by atoms with Crippen molar-refractivity contribution in [3.8, 4) is 0 Å². The number of rotatable bonds is 5. The van der Waals surface area contributed by atoms with Gasteiger partial charge in [-0.05, 0) is 53.4 Å². The molecule has 0 radical (unpaired) electrons. The molecule has 38 heavy (non-hydrogen) atoms. The molecular formula is C29H20Cl3NO5. The van der Waals surface area contributed by atoms with Gasteiger partial charge in [-0.3, -0.25) is 24.1 Å². The van der Waals surface area contributed by atoms with Crippen LogP contribution >= 0.6 is 34.8 Å².